The zero-order chi connectivity index (χ0) is 38.0. The fraction of sp³-hybridized carbons (Fsp3) is 0.452. The molecule has 284 valence electrons. The largest absolute Gasteiger partial charge is 0.496 e. The molecular weight excluding hydrogens is 688 g/mol. The number of cyclic esters (lactones) is 1. The highest BCUT2D eigenvalue weighted by Gasteiger charge is 2.61. The molecule has 54 heavy (non-hydrogen) atoms. The number of hydrogen-bond donors (Lipinski definition) is 3. The van der Waals surface area contributed by atoms with Gasteiger partial charge in [-0.25, -0.2) is 14.6 Å². The Balaban J connectivity index is 1.33. The first-order chi connectivity index (χ1) is 26.0. The quantitative estimate of drug-likeness (QED) is 0.264. The van der Waals surface area contributed by atoms with Crippen molar-refractivity contribution in [3.05, 3.63) is 72.3 Å². The van der Waals surface area contributed by atoms with Crippen LogP contribution in [0.4, 0.5) is 4.79 Å². The van der Waals surface area contributed by atoms with Crippen molar-refractivity contribution in [1.82, 2.24) is 20.5 Å². The molecule has 0 spiro atoms. The molecule has 1 saturated carbocycles. The molecule has 0 radical (unpaired) electrons. The van der Waals surface area contributed by atoms with E-state index in [0.717, 1.165) is 35.8 Å². The lowest BCUT2D eigenvalue weighted by molar-refractivity contribution is -0.145. The molecule has 3 amide bonds. The SMILES string of the molecule is COc1cc2nc(-c3ccccc3)cc3c2cc1/C=C/CC(C)(C)COC(=O)N[C@H]1CCCCC/C=C\[C@@H]2C[C@@]2(C(=O)O)NC(=O)[C@@H]2C[C@H](CN2C1=O)O3. The van der Waals surface area contributed by atoms with Crippen LogP contribution in [0.2, 0.25) is 0 Å². The number of pyridine rings is 1. The zero-order valence-electron chi connectivity index (χ0n) is 31.0. The van der Waals surface area contributed by atoms with Crippen molar-refractivity contribution >= 4 is 40.9 Å². The van der Waals surface area contributed by atoms with Crippen LogP contribution in [0.25, 0.3) is 28.2 Å². The third-order valence-electron chi connectivity index (χ3n) is 11.0. The number of fused-ring (bicyclic) bond motifs is 4. The molecule has 4 aliphatic rings. The number of nitrogens with zero attached hydrogens (tertiary/aromatic N) is 2. The van der Waals surface area contributed by atoms with Gasteiger partial charge in [-0.2, -0.15) is 0 Å². The van der Waals surface area contributed by atoms with E-state index in [0.29, 0.717) is 42.0 Å². The topological polar surface area (TPSA) is 156 Å². The van der Waals surface area contributed by atoms with Gasteiger partial charge in [0.15, 0.2) is 0 Å². The van der Waals surface area contributed by atoms with E-state index in [1.807, 2.05) is 86.7 Å². The smallest absolute Gasteiger partial charge is 0.407 e. The lowest BCUT2D eigenvalue weighted by Gasteiger charge is -2.30. The van der Waals surface area contributed by atoms with Crippen LogP contribution in [-0.4, -0.2) is 82.9 Å². The average Bonchev–Trinajstić information content (AvgIpc) is 3.69. The van der Waals surface area contributed by atoms with Crippen molar-refractivity contribution in [2.24, 2.45) is 11.3 Å². The molecule has 3 aliphatic heterocycles. The van der Waals surface area contributed by atoms with Gasteiger partial charge in [-0.3, -0.25) is 9.59 Å². The second-order valence-corrected chi connectivity index (χ2v) is 15.7. The second kappa shape index (κ2) is 15.2. The Morgan fingerprint density at radius 2 is 1.87 bits per heavy atom. The maximum Gasteiger partial charge on any atom is 0.407 e. The van der Waals surface area contributed by atoms with Gasteiger partial charge in [0.25, 0.3) is 0 Å². The molecule has 5 bridgehead atoms. The van der Waals surface area contributed by atoms with Gasteiger partial charge in [-0.1, -0.05) is 81.3 Å². The third kappa shape index (κ3) is 7.78. The van der Waals surface area contributed by atoms with Crippen LogP contribution in [0.5, 0.6) is 11.5 Å². The van der Waals surface area contributed by atoms with Gasteiger partial charge in [0.2, 0.25) is 11.8 Å². The highest BCUT2D eigenvalue weighted by molar-refractivity contribution is 5.96. The number of carbonyl (C=O) groups excluding carboxylic acids is 3. The Kier molecular flexibility index (Phi) is 10.4. The van der Waals surface area contributed by atoms with Crippen LogP contribution in [0.3, 0.4) is 0 Å². The second-order valence-electron chi connectivity index (χ2n) is 15.7. The number of alkyl carbamates (subject to hydrolysis) is 1. The van der Waals surface area contributed by atoms with Gasteiger partial charge in [-0.15, -0.1) is 0 Å². The van der Waals surface area contributed by atoms with E-state index in [-0.39, 0.29) is 31.9 Å². The van der Waals surface area contributed by atoms with E-state index in [1.165, 1.54) is 4.90 Å². The van der Waals surface area contributed by atoms with Crippen molar-refractivity contribution < 1.29 is 38.5 Å². The fourth-order valence-electron chi connectivity index (χ4n) is 7.74. The highest BCUT2D eigenvalue weighted by atomic mass is 16.5. The van der Waals surface area contributed by atoms with Gasteiger partial charge in [0, 0.05) is 46.4 Å². The number of allylic oxidation sites excluding steroid dienone is 2. The van der Waals surface area contributed by atoms with E-state index in [9.17, 15) is 24.3 Å². The number of nitrogens with one attached hydrogen (secondary N) is 2. The maximum atomic E-state index is 14.5. The molecule has 3 N–H and O–H groups in total. The number of carboxylic acids is 1. The standard InChI is InChI=1S/C42H48N4O8/c1-41(2)18-12-15-27-19-30-33(22-35(27)52-3)43-32(26-13-8-7-9-14-26)21-36(30)54-29-20-34-37(47)45-42(39(49)50)23-28(42)16-10-5-4-6-11-17-31(38(48)46(34)24-29)44-40(51)53-25-41/h7-10,12-16,19,21-22,28-29,31,34H,4-6,11,17-18,20,23-25H2,1-3H3,(H,44,51)(H,45,47)(H,49,50)/b15-12+,16-10-/t28-,29-,31+,34+,42-/m1/s1. The summed E-state index contributed by atoms with van der Waals surface area (Å²) in [5, 5.41) is 16.6. The molecule has 12 heteroatoms. The number of amides is 3. The first kappa shape index (κ1) is 36.9. The number of carbonyl (C=O) groups is 4. The molecule has 12 nitrogen and oxygen atoms in total. The predicted octanol–water partition coefficient (Wildman–Crippen LogP) is 6.28. The number of aromatic nitrogens is 1. The zero-order valence-corrected chi connectivity index (χ0v) is 31.0. The van der Waals surface area contributed by atoms with Gasteiger partial charge in [0.1, 0.15) is 35.2 Å². The minimum absolute atomic E-state index is 0.0357. The molecule has 1 aliphatic carbocycles. The summed E-state index contributed by atoms with van der Waals surface area (Å²) in [6.07, 6.45) is 10.8. The monoisotopic (exact) mass is 736 g/mol. The third-order valence-corrected chi connectivity index (χ3v) is 11.0. The van der Waals surface area contributed by atoms with E-state index in [1.54, 1.807) is 7.11 Å². The lowest BCUT2D eigenvalue weighted by Crippen LogP contribution is -2.56. The number of rotatable bonds is 3. The number of hydrogen-bond acceptors (Lipinski definition) is 8. The number of carboxylic acid groups (broad SMARTS) is 1. The van der Waals surface area contributed by atoms with Crippen LogP contribution in [-0.2, 0) is 19.1 Å². The van der Waals surface area contributed by atoms with E-state index < -0.39 is 53.0 Å². The summed E-state index contributed by atoms with van der Waals surface area (Å²) >= 11 is 0. The van der Waals surface area contributed by atoms with Crippen molar-refractivity contribution in [3.63, 3.8) is 0 Å². The molecule has 1 aromatic heterocycles. The molecule has 2 fully saturated rings. The Hall–Kier alpha value is -5.39. The highest BCUT2D eigenvalue weighted by Crippen LogP contribution is 2.46. The van der Waals surface area contributed by atoms with Crippen LogP contribution in [0, 0.1) is 11.3 Å². The Morgan fingerprint density at radius 1 is 1.06 bits per heavy atom. The van der Waals surface area contributed by atoms with Crippen LogP contribution < -0.4 is 20.1 Å². The predicted molar refractivity (Wildman–Crippen MR) is 203 cm³/mol. The van der Waals surface area contributed by atoms with Crippen LogP contribution in [0.1, 0.15) is 70.8 Å². The molecule has 4 heterocycles. The van der Waals surface area contributed by atoms with Crippen molar-refractivity contribution in [1.29, 1.82) is 0 Å². The van der Waals surface area contributed by atoms with Gasteiger partial charge in [0.05, 0.1) is 31.5 Å². The minimum atomic E-state index is -1.45. The summed E-state index contributed by atoms with van der Waals surface area (Å²) in [6.45, 7) is 4.12. The number of methoxy groups -OCH3 is 1. The Morgan fingerprint density at radius 3 is 2.65 bits per heavy atom. The number of ether oxygens (including phenoxy) is 3. The molecule has 3 aromatic rings. The van der Waals surface area contributed by atoms with E-state index in [2.05, 4.69) is 10.6 Å². The van der Waals surface area contributed by atoms with E-state index in [4.69, 9.17) is 19.2 Å². The molecule has 2 aromatic carbocycles. The summed E-state index contributed by atoms with van der Waals surface area (Å²) < 4.78 is 18.3. The maximum absolute atomic E-state index is 14.5. The normalized spacial score (nSPS) is 28.5. The molecular formula is C42H48N4O8. The fourth-order valence-corrected chi connectivity index (χ4v) is 7.74. The van der Waals surface area contributed by atoms with Gasteiger partial charge in [-0.05, 0) is 38.2 Å². The summed E-state index contributed by atoms with van der Waals surface area (Å²) in [6, 6.07) is 13.4. The summed E-state index contributed by atoms with van der Waals surface area (Å²) in [5.41, 5.74) is 1.11. The van der Waals surface area contributed by atoms with Gasteiger partial charge < -0.3 is 34.9 Å². The van der Waals surface area contributed by atoms with E-state index >= 15 is 0 Å². The summed E-state index contributed by atoms with van der Waals surface area (Å²) in [4.78, 5) is 61.0. The summed E-state index contributed by atoms with van der Waals surface area (Å²) in [7, 11) is 1.61. The molecule has 7 rings (SSSR count). The molecule has 5 atom stereocenters. The van der Waals surface area contributed by atoms with Crippen molar-refractivity contribution in [2.75, 3.05) is 20.3 Å². The van der Waals surface area contributed by atoms with Crippen molar-refractivity contribution in [2.45, 2.75) is 88.9 Å². The van der Waals surface area contributed by atoms with Crippen LogP contribution >= 0.6 is 0 Å². The molecule has 1 saturated heterocycles. The van der Waals surface area contributed by atoms with Crippen LogP contribution in [0.15, 0.2) is 66.8 Å². The summed E-state index contributed by atoms with van der Waals surface area (Å²) in [5.74, 6) is -1.34. The first-order valence-corrected chi connectivity index (χ1v) is 18.8. The molecule has 0 unspecified atom stereocenters. The van der Waals surface area contributed by atoms with Crippen molar-refractivity contribution in [3.8, 4) is 22.8 Å². The Bertz CT molecular complexity index is 1990. The number of benzene rings is 2. The number of aliphatic carboxylic acids is 1. The first-order valence-electron chi connectivity index (χ1n) is 18.8. The average molecular weight is 737 g/mol. The minimum Gasteiger partial charge on any atom is -0.496 e. The lowest BCUT2D eigenvalue weighted by atomic mass is 9.90. The Labute approximate surface area is 314 Å². The van der Waals surface area contributed by atoms with Gasteiger partial charge >= 0.3 is 12.1 Å².